The van der Waals surface area contributed by atoms with Crippen LogP contribution in [0.5, 0.6) is 0 Å². The Bertz CT molecular complexity index is 567. The average molecular weight is 221 g/mol. The van der Waals surface area contributed by atoms with E-state index in [9.17, 15) is 0 Å². The van der Waals surface area contributed by atoms with Gasteiger partial charge in [0.05, 0.1) is 0 Å². The quantitative estimate of drug-likeness (QED) is 0.712. The molecule has 17 heavy (non-hydrogen) atoms. The summed E-state index contributed by atoms with van der Waals surface area (Å²) in [6, 6.07) is 10.7. The standard InChI is InChI=1S/C16H15N/c1-12-4-2-6-16-14(7-8-15(12)16)10-13-5-3-9-17-11-13/h2-6,9-11H,7-8H2,1H3/b14-10-. The summed E-state index contributed by atoms with van der Waals surface area (Å²) in [5.74, 6) is 0. The maximum Gasteiger partial charge on any atom is 0.0340 e. The van der Waals surface area contributed by atoms with Crippen LogP contribution in [-0.4, -0.2) is 4.98 Å². The van der Waals surface area contributed by atoms with Crippen LogP contribution in [0.25, 0.3) is 11.6 Å². The van der Waals surface area contributed by atoms with E-state index in [4.69, 9.17) is 0 Å². The zero-order chi connectivity index (χ0) is 11.7. The zero-order valence-corrected chi connectivity index (χ0v) is 9.98. The summed E-state index contributed by atoms with van der Waals surface area (Å²) < 4.78 is 0. The molecule has 0 aliphatic heterocycles. The fourth-order valence-electron chi connectivity index (χ4n) is 2.54. The number of fused-ring (bicyclic) bond motifs is 1. The van der Waals surface area contributed by atoms with E-state index >= 15 is 0 Å². The van der Waals surface area contributed by atoms with E-state index in [1.54, 1.807) is 0 Å². The van der Waals surface area contributed by atoms with Gasteiger partial charge in [0.2, 0.25) is 0 Å². The number of rotatable bonds is 1. The minimum atomic E-state index is 1.15. The van der Waals surface area contributed by atoms with E-state index < -0.39 is 0 Å². The summed E-state index contributed by atoms with van der Waals surface area (Å²) in [5.41, 5.74) is 6.99. The average Bonchev–Trinajstić information content (AvgIpc) is 2.76. The van der Waals surface area contributed by atoms with Gasteiger partial charge in [-0.15, -0.1) is 0 Å². The minimum Gasteiger partial charge on any atom is -0.264 e. The number of hydrogen-bond acceptors (Lipinski definition) is 1. The molecule has 0 N–H and O–H groups in total. The molecule has 0 fully saturated rings. The highest BCUT2D eigenvalue weighted by Gasteiger charge is 2.17. The fraction of sp³-hybridized carbons (Fsp3) is 0.188. The van der Waals surface area contributed by atoms with Crippen molar-refractivity contribution in [3.63, 3.8) is 0 Å². The van der Waals surface area contributed by atoms with Gasteiger partial charge in [0.15, 0.2) is 0 Å². The van der Waals surface area contributed by atoms with Gasteiger partial charge < -0.3 is 0 Å². The zero-order valence-electron chi connectivity index (χ0n) is 9.98. The molecule has 0 amide bonds. The van der Waals surface area contributed by atoms with Gasteiger partial charge in [-0.3, -0.25) is 4.98 Å². The fourth-order valence-corrected chi connectivity index (χ4v) is 2.54. The molecule has 3 rings (SSSR count). The first-order chi connectivity index (χ1) is 8.34. The number of pyridine rings is 1. The lowest BCUT2D eigenvalue weighted by Crippen LogP contribution is -1.85. The van der Waals surface area contributed by atoms with Crippen LogP contribution < -0.4 is 0 Å². The summed E-state index contributed by atoms with van der Waals surface area (Å²) in [5, 5.41) is 0. The Balaban J connectivity index is 2.05. The highest BCUT2D eigenvalue weighted by Crippen LogP contribution is 2.35. The van der Waals surface area contributed by atoms with E-state index in [1.165, 1.54) is 34.2 Å². The number of nitrogens with zero attached hydrogens (tertiary/aromatic N) is 1. The Kier molecular flexibility index (Phi) is 2.52. The molecule has 1 aliphatic rings. The van der Waals surface area contributed by atoms with Crippen molar-refractivity contribution in [2.45, 2.75) is 19.8 Å². The predicted molar refractivity (Wildman–Crippen MR) is 71.6 cm³/mol. The Hall–Kier alpha value is -1.89. The first-order valence-electron chi connectivity index (χ1n) is 6.04. The Morgan fingerprint density at radius 2 is 2.06 bits per heavy atom. The number of hydrogen-bond donors (Lipinski definition) is 0. The normalized spacial score (nSPS) is 16.2. The van der Waals surface area contributed by atoms with Crippen LogP contribution in [0.2, 0.25) is 0 Å². The van der Waals surface area contributed by atoms with Crippen LogP contribution in [-0.2, 0) is 6.42 Å². The lowest BCUT2D eigenvalue weighted by atomic mass is 10.0. The van der Waals surface area contributed by atoms with E-state index in [-0.39, 0.29) is 0 Å². The third-order valence-corrected chi connectivity index (χ3v) is 3.43. The molecule has 0 saturated heterocycles. The molecule has 0 bridgehead atoms. The van der Waals surface area contributed by atoms with Gasteiger partial charge in [-0.1, -0.05) is 24.3 Å². The third kappa shape index (κ3) is 1.89. The molecule has 0 saturated carbocycles. The Labute approximate surface area is 102 Å². The van der Waals surface area contributed by atoms with Crippen LogP contribution in [0.15, 0.2) is 42.7 Å². The topological polar surface area (TPSA) is 12.9 Å². The monoisotopic (exact) mass is 221 g/mol. The largest absolute Gasteiger partial charge is 0.264 e. The minimum absolute atomic E-state index is 1.15. The van der Waals surface area contributed by atoms with Gasteiger partial charge in [0.1, 0.15) is 0 Å². The van der Waals surface area contributed by atoms with Crippen LogP contribution in [0.1, 0.15) is 28.7 Å². The Morgan fingerprint density at radius 3 is 2.88 bits per heavy atom. The second-order valence-electron chi connectivity index (χ2n) is 4.56. The number of aromatic nitrogens is 1. The molecule has 1 heteroatoms. The van der Waals surface area contributed by atoms with Crippen LogP contribution >= 0.6 is 0 Å². The molecule has 0 atom stereocenters. The van der Waals surface area contributed by atoms with Crippen LogP contribution in [0.4, 0.5) is 0 Å². The summed E-state index contributed by atoms with van der Waals surface area (Å²) in [4.78, 5) is 4.16. The van der Waals surface area contributed by atoms with Crippen molar-refractivity contribution in [1.29, 1.82) is 0 Å². The first kappa shape index (κ1) is 10.3. The summed E-state index contributed by atoms with van der Waals surface area (Å²) in [6.45, 7) is 2.20. The van der Waals surface area contributed by atoms with E-state index in [0.717, 1.165) is 6.42 Å². The molecule has 0 unspecified atom stereocenters. The molecule has 1 nitrogen and oxygen atoms in total. The molecule has 0 radical (unpaired) electrons. The number of benzene rings is 1. The molecular formula is C16H15N. The van der Waals surface area contributed by atoms with Gasteiger partial charge >= 0.3 is 0 Å². The number of allylic oxidation sites excluding steroid dienone is 1. The van der Waals surface area contributed by atoms with E-state index in [1.807, 2.05) is 18.5 Å². The second-order valence-corrected chi connectivity index (χ2v) is 4.56. The lowest BCUT2D eigenvalue weighted by Gasteiger charge is -2.03. The number of aryl methyl sites for hydroxylation is 1. The molecular weight excluding hydrogens is 206 g/mol. The highest BCUT2D eigenvalue weighted by molar-refractivity contribution is 5.85. The van der Waals surface area contributed by atoms with Crippen molar-refractivity contribution in [1.82, 2.24) is 4.98 Å². The predicted octanol–water partition coefficient (Wildman–Crippen LogP) is 3.88. The molecule has 1 aliphatic carbocycles. The highest BCUT2D eigenvalue weighted by atomic mass is 14.6. The Morgan fingerprint density at radius 1 is 1.12 bits per heavy atom. The van der Waals surface area contributed by atoms with E-state index in [2.05, 4.69) is 42.2 Å². The molecule has 2 aromatic rings. The SMILES string of the molecule is Cc1cccc2c1CC/C2=C/c1cccnc1. The molecule has 1 heterocycles. The molecule has 1 aromatic carbocycles. The third-order valence-electron chi connectivity index (χ3n) is 3.43. The van der Waals surface area contributed by atoms with Crippen LogP contribution in [0.3, 0.4) is 0 Å². The van der Waals surface area contributed by atoms with Gasteiger partial charge in [0.25, 0.3) is 0 Å². The summed E-state index contributed by atoms with van der Waals surface area (Å²) >= 11 is 0. The molecule has 1 aromatic heterocycles. The van der Waals surface area contributed by atoms with E-state index in [0.29, 0.717) is 0 Å². The van der Waals surface area contributed by atoms with Crippen molar-refractivity contribution in [3.05, 3.63) is 65.0 Å². The van der Waals surface area contributed by atoms with Crippen molar-refractivity contribution >= 4 is 11.6 Å². The van der Waals surface area contributed by atoms with Crippen molar-refractivity contribution in [3.8, 4) is 0 Å². The van der Waals surface area contributed by atoms with Gasteiger partial charge in [-0.25, -0.2) is 0 Å². The van der Waals surface area contributed by atoms with Crippen molar-refractivity contribution < 1.29 is 0 Å². The summed E-state index contributed by atoms with van der Waals surface area (Å²) in [7, 11) is 0. The maximum absolute atomic E-state index is 4.16. The lowest BCUT2D eigenvalue weighted by molar-refractivity contribution is 1.07. The molecule has 0 spiro atoms. The second kappa shape index (κ2) is 4.17. The van der Waals surface area contributed by atoms with Gasteiger partial charge in [-0.2, -0.15) is 0 Å². The van der Waals surface area contributed by atoms with Crippen molar-refractivity contribution in [2.24, 2.45) is 0 Å². The van der Waals surface area contributed by atoms with Crippen LogP contribution in [0, 0.1) is 6.92 Å². The first-order valence-corrected chi connectivity index (χ1v) is 6.04. The smallest absolute Gasteiger partial charge is 0.0340 e. The van der Waals surface area contributed by atoms with Gasteiger partial charge in [0, 0.05) is 12.4 Å². The molecule has 84 valence electrons. The van der Waals surface area contributed by atoms with Gasteiger partial charge in [-0.05, 0) is 59.7 Å². The summed E-state index contributed by atoms with van der Waals surface area (Å²) in [6.07, 6.45) is 8.32. The maximum atomic E-state index is 4.16. The van der Waals surface area contributed by atoms with Crippen molar-refractivity contribution in [2.75, 3.05) is 0 Å².